The van der Waals surface area contributed by atoms with Crippen LogP contribution in [0.15, 0.2) is 16.6 Å². The van der Waals surface area contributed by atoms with Gasteiger partial charge in [-0.25, -0.2) is 0 Å². The molecule has 2 heterocycles. The van der Waals surface area contributed by atoms with Gasteiger partial charge in [0.25, 0.3) is 0 Å². The zero-order valence-corrected chi connectivity index (χ0v) is 13.4. The van der Waals surface area contributed by atoms with E-state index in [0.717, 1.165) is 33.9 Å². The van der Waals surface area contributed by atoms with Gasteiger partial charge >= 0.3 is 0 Å². The Bertz CT molecular complexity index is 560. The molecule has 1 fully saturated rings. The van der Waals surface area contributed by atoms with Crippen LogP contribution in [-0.2, 0) is 4.79 Å². The molecule has 0 radical (unpaired) electrons. The predicted molar refractivity (Wildman–Crippen MR) is 84.9 cm³/mol. The second kappa shape index (κ2) is 5.04. The van der Waals surface area contributed by atoms with E-state index < -0.39 is 6.04 Å². The van der Waals surface area contributed by atoms with Gasteiger partial charge in [-0.2, -0.15) is 0 Å². The Hall–Kier alpha value is -1.07. The first-order valence-corrected chi connectivity index (χ1v) is 7.93. The quantitative estimate of drug-likeness (QED) is 0.828. The minimum absolute atomic E-state index is 0.121. The summed E-state index contributed by atoms with van der Waals surface area (Å²) in [5.41, 5.74) is 8.77. The van der Waals surface area contributed by atoms with E-state index in [0.29, 0.717) is 6.04 Å². The number of hydrogen-bond acceptors (Lipinski definition) is 3. The van der Waals surface area contributed by atoms with Gasteiger partial charge in [-0.1, -0.05) is 6.92 Å². The van der Waals surface area contributed by atoms with Crippen LogP contribution in [-0.4, -0.2) is 18.5 Å². The molecule has 0 saturated carbocycles. The third-order valence-corrected chi connectivity index (χ3v) is 5.08. The third-order valence-electron chi connectivity index (χ3n) is 4.44. The number of anilines is 2. The maximum Gasteiger partial charge on any atom is 0.245 e. The zero-order valence-electron chi connectivity index (χ0n) is 11.8. The molecule has 3 atom stereocenters. The summed E-state index contributed by atoms with van der Waals surface area (Å²) in [6.07, 6.45) is 2.41. The van der Waals surface area contributed by atoms with Crippen LogP contribution in [0.4, 0.5) is 11.4 Å². The summed E-state index contributed by atoms with van der Waals surface area (Å²) in [6.45, 7) is 5.63. The molecule has 0 aromatic heterocycles. The van der Waals surface area contributed by atoms with Crippen molar-refractivity contribution in [3.05, 3.63) is 22.2 Å². The fraction of sp³-hybridized carbons (Fsp3) is 0.533. The molecule has 1 aromatic carbocycles. The number of halogens is 1. The van der Waals surface area contributed by atoms with Gasteiger partial charge in [0.15, 0.2) is 0 Å². The molecule has 3 rings (SSSR count). The molecule has 0 spiro atoms. The average molecular weight is 338 g/mol. The average Bonchev–Trinajstić information content (AvgIpc) is 2.65. The second-order valence-corrected chi connectivity index (χ2v) is 6.88. The highest BCUT2D eigenvalue weighted by Crippen LogP contribution is 2.40. The number of amides is 1. The maximum atomic E-state index is 11.7. The molecular weight excluding hydrogens is 318 g/mol. The summed E-state index contributed by atoms with van der Waals surface area (Å²) in [4.78, 5) is 14.1. The summed E-state index contributed by atoms with van der Waals surface area (Å²) in [5, 5.41) is 2.87. The summed E-state index contributed by atoms with van der Waals surface area (Å²) >= 11 is 3.64. The highest BCUT2D eigenvalue weighted by molar-refractivity contribution is 9.10. The van der Waals surface area contributed by atoms with Crippen molar-refractivity contribution in [1.29, 1.82) is 0 Å². The van der Waals surface area contributed by atoms with Crippen molar-refractivity contribution in [1.82, 2.24) is 0 Å². The lowest BCUT2D eigenvalue weighted by atomic mass is 9.92. The van der Waals surface area contributed by atoms with Gasteiger partial charge in [-0.05, 0) is 53.7 Å². The van der Waals surface area contributed by atoms with Crippen molar-refractivity contribution in [3.63, 3.8) is 0 Å². The van der Waals surface area contributed by atoms with Crippen molar-refractivity contribution in [3.8, 4) is 0 Å². The normalized spacial score (nSPS) is 29.3. The first kappa shape index (κ1) is 13.9. The Morgan fingerprint density at radius 1 is 1.40 bits per heavy atom. The molecule has 1 saturated heterocycles. The molecule has 4 nitrogen and oxygen atoms in total. The fourth-order valence-electron chi connectivity index (χ4n) is 3.28. The lowest BCUT2D eigenvalue weighted by Crippen LogP contribution is -2.40. The standard InChI is InChI=1S/C15H20BrN3O/c1-8-3-4-19(9(2)5-8)13-7-12-10(6-11(13)16)14(17)15(20)18-12/h6-9,14H,3-5,17H2,1-2H3,(H,18,20). The number of carbonyl (C=O) groups excluding carboxylic acids is 1. The lowest BCUT2D eigenvalue weighted by Gasteiger charge is -2.39. The number of fused-ring (bicyclic) bond motifs is 1. The van der Waals surface area contributed by atoms with Crippen molar-refractivity contribution >= 4 is 33.2 Å². The Morgan fingerprint density at radius 2 is 2.15 bits per heavy atom. The SMILES string of the molecule is CC1CCN(c2cc3c(cc2Br)C(N)C(=O)N3)C(C)C1. The zero-order chi connectivity index (χ0) is 14.4. The minimum atomic E-state index is -0.547. The van der Waals surface area contributed by atoms with Gasteiger partial charge < -0.3 is 16.0 Å². The molecule has 3 unspecified atom stereocenters. The van der Waals surface area contributed by atoms with E-state index in [9.17, 15) is 4.79 Å². The number of rotatable bonds is 1. The van der Waals surface area contributed by atoms with E-state index in [2.05, 4.69) is 46.1 Å². The molecule has 2 aliphatic rings. The molecule has 0 bridgehead atoms. The van der Waals surface area contributed by atoms with Crippen LogP contribution >= 0.6 is 15.9 Å². The summed E-state index contributed by atoms with van der Waals surface area (Å²) in [6, 6.07) is 4.00. The first-order valence-electron chi connectivity index (χ1n) is 7.14. The molecule has 3 N–H and O–H groups in total. The number of nitrogens with one attached hydrogen (secondary N) is 1. The van der Waals surface area contributed by atoms with Gasteiger partial charge in [0, 0.05) is 28.3 Å². The summed E-state index contributed by atoms with van der Waals surface area (Å²) in [5.74, 6) is 0.659. The van der Waals surface area contributed by atoms with Gasteiger partial charge in [0.2, 0.25) is 5.91 Å². The van der Waals surface area contributed by atoms with E-state index in [1.165, 1.54) is 12.8 Å². The topological polar surface area (TPSA) is 58.4 Å². The summed E-state index contributed by atoms with van der Waals surface area (Å²) in [7, 11) is 0. The largest absolute Gasteiger partial charge is 0.368 e. The van der Waals surface area contributed by atoms with Crippen LogP contribution < -0.4 is 16.0 Å². The van der Waals surface area contributed by atoms with E-state index >= 15 is 0 Å². The summed E-state index contributed by atoms with van der Waals surface area (Å²) < 4.78 is 1.02. The van der Waals surface area contributed by atoms with Crippen LogP contribution in [0.5, 0.6) is 0 Å². The van der Waals surface area contributed by atoms with Crippen LogP contribution in [0.2, 0.25) is 0 Å². The van der Waals surface area contributed by atoms with Crippen LogP contribution in [0, 0.1) is 5.92 Å². The van der Waals surface area contributed by atoms with Crippen LogP contribution in [0.3, 0.4) is 0 Å². The predicted octanol–water partition coefficient (Wildman–Crippen LogP) is 3.03. The van der Waals surface area contributed by atoms with E-state index in [4.69, 9.17) is 5.73 Å². The van der Waals surface area contributed by atoms with Crippen molar-refractivity contribution in [2.24, 2.45) is 11.7 Å². The Morgan fingerprint density at radius 3 is 2.85 bits per heavy atom. The van der Waals surface area contributed by atoms with Crippen molar-refractivity contribution < 1.29 is 4.79 Å². The Balaban J connectivity index is 1.96. The highest BCUT2D eigenvalue weighted by Gasteiger charge is 2.30. The van der Waals surface area contributed by atoms with Crippen molar-refractivity contribution in [2.45, 2.75) is 38.8 Å². The molecule has 20 heavy (non-hydrogen) atoms. The number of carbonyl (C=O) groups is 1. The number of nitrogens with two attached hydrogens (primary N) is 1. The molecule has 108 valence electrons. The number of hydrogen-bond donors (Lipinski definition) is 2. The number of piperidine rings is 1. The highest BCUT2D eigenvalue weighted by atomic mass is 79.9. The molecular formula is C15H20BrN3O. The molecule has 0 aliphatic carbocycles. The monoisotopic (exact) mass is 337 g/mol. The number of nitrogens with zero attached hydrogens (tertiary/aromatic N) is 1. The van der Waals surface area contributed by atoms with Gasteiger partial charge in [0.1, 0.15) is 6.04 Å². The van der Waals surface area contributed by atoms with Crippen LogP contribution in [0.25, 0.3) is 0 Å². The third kappa shape index (κ3) is 2.23. The molecule has 1 aromatic rings. The maximum absolute atomic E-state index is 11.7. The van der Waals surface area contributed by atoms with Gasteiger partial charge in [0.05, 0.1) is 5.69 Å². The van der Waals surface area contributed by atoms with Gasteiger partial charge in [-0.3, -0.25) is 4.79 Å². The Labute approximate surface area is 127 Å². The molecule has 1 amide bonds. The van der Waals surface area contributed by atoms with E-state index in [1.54, 1.807) is 0 Å². The molecule has 2 aliphatic heterocycles. The van der Waals surface area contributed by atoms with E-state index in [1.807, 2.05) is 6.07 Å². The van der Waals surface area contributed by atoms with Gasteiger partial charge in [-0.15, -0.1) is 0 Å². The van der Waals surface area contributed by atoms with E-state index in [-0.39, 0.29) is 5.91 Å². The van der Waals surface area contributed by atoms with Crippen LogP contribution in [0.1, 0.15) is 38.3 Å². The first-order chi connectivity index (χ1) is 9.47. The smallest absolute Gasteiger partial charge is 0.245 e. The lowest BCUT2D eigenvalue weighted by molar-refractivity contribution is -0.116. The fourth-order valence-corrected chi connectivity index (χ4v) is 3.87. The van der Waals surface area contributed by atoms with Crippen molar-refractivity contribution in [2.75, 3.05) is 16.8 Å². The minimum Gasteiger partial charge on any atom is -0.368 e. The second-order valence-electron chi connectivity index (χ2n) is 6.03. The molecule has 5 heteroatoms. The Kier molecular flexibility index (Phi) is 3.50. The number of benzene rings is 1.